The van der Waals surface area contributed by atoms with Crippen LogP contribution in [0, 0.1) is 0 Å². The Labute approximate surface area is 408 Å². The molecule has 0 aliphatic carbocycles. The van der Waals surface area contributed by atoms with Crippen molar-refractivity contribution < 1.29 is 334 Å². The SMILES string of the molecule is O=P([O-])([O-])[O-].O=P([O-])([O-])[O-].O=P([O-])([O-])[O-].O=P([O-])([O-])[O-].O=P([O-])([O-])[O-].O=P([O-])([O-])[O-].O=P([O-])([O-])[O-].O=P([O-])([O-])[O-].O=P([O-])([O-])[O-].O=P([O-])([O-])[O-].[W].[W].[W].[Zr+4].[Zr+4].[Zr+4]. The van der Waals surface area contributed by atoms with Gasteiger partial charge in [0.1, 0.15) is 0 Å². The zero-order valence-electron chi connectivity index (χ0n) is 23.5. The van der Waals surface area contributed by atoms with Crippen molar-refractivity contribution in [3.63, 3.8) is 0 Å². The van der Waals surface area contributed by atoms with Gasteiger partial charge in [0.2, 0.25) is 0 Å². The molecule has 0 unspecified atom stereocenters. The second-order valence-corrected chi connectivity index (χ2v) is 13.4. The van der Waals surface area contributed by atoms with E-state index in [1.807, 2.05) is 0 Å². The molecule has 0 N–H and O–H groups in total. The van der Waals surface area contributed by atoms with Crippen molar-refractivity contribution in [3.05, 3.63) is 0 Å². The third-order valence-corrected chi connectivity index (χ3v) is 0. The fourth-order valence-corrected chi connectivity index (χ4v) is 0. The van der Waals surface area contributed by atoms with Crippen molar-refractivity contribution in [2.24, 2.45) is 0 Å². The first-order valence-corrected chi connectivity index (χ1v) is 21.9. The molecule has 0 spiro atoms. The van der Waals surface area contributed by atoms with Crippen LogP contribution in [0.5, 0.6) is 0 Å². The summed E-state index contributed by atoms with van der Waals surface area (Å²) < 4.78 is 85.5. The van der Waals surface area contributed by atoms with Crippen LogP contribution < -0.4 is 147 Å². The van der Waals surface area contributed by atoms with E-state index in [9.17, 15) is 0 Å². The Morgan fingerprint density at radius 1 is 0.143 bits per heavy atom. The van der Waals surface area contributed by atoms with E-state index in [0.29, 0.717) is 0 Å². The Morgan fingerprint density at radius 3 is 0.143 bits per heavy atom. The minimum Gasteiger partial charge on any atom is -0.822 e. The van der Waals surface area contributed by atoms with Crippen LogP contribution in [0.1, 0.15) is 0 Å². The molecule has 0 radical (unpaired) electrons. The van der Waals surface area contributed by atoms with Gasteiger partial charge in [0.05, 0.1) is 0 Å². The van der Waals surface area contributed by atoms with Crippen molar-refractivity contribution in [1.29, 1.82) is 0 Å². The minimum atomic E-state index is -5.39. The van der Waals surface area contributed by atoms with Gasteiger partial charge in [-0.3, -0.25) is 0 Å². The summed E-state index contributed by atoms with van der Waals surface area (Å²) >= 11 is 0. The van der Waals surface area contributed by atoms with E-state index >= 15 is 0 Å². The molecule has 0 amide bonds. The average Bonchev–Trinajstić information content (AvgIpc) is 2.34. The van der Waals surface area contributed by atoms with E-state index in [-0.39, 0.29) is 142 Å². The van der Waals surface area contributed by atoms with Gasteiger partial charge < -0.3 is 192 Å². The Hall–Kier alpha value is 5.81. The van der Waals surface area contributed by atoms with Crippen LogP contribution in [0.3, 0.4) is 0 Å². The zero-order chi connectivity index (χ0) is 45.0. The molecule has 0 saturated carbocycles. The van der Waals surface area contributed by atoms with E-state index in [2.05, 4.69) is 0 Å². The first-order chi connectivity index (χ1) is 20.0. The summed E-state index contributed by atoms with van der Waals surface area (Å²) in [5, 5.41) is 0. The van der Waals surface area contributed by atoms with Gasteiger partial charge in [-0.15, -0.1) is 0 Å². The molecule has 0 fully saturated rings. The molecule has 0 aromatic heterocycles. The van der Waals surface area contributed by atoms with E-state index in [0.717, 1.165) is 0 Å². The van der Waals surface area contributed by atoms with Crippen molar-refractivity contribution in [1.82, 2.24) is 0 Å². The normalized spacial score (nSPS) is 10.5. The number of phosphoric acid groups is 10. The summed E-state index contributed by atoms with van der Waals surface area (Å²) in [4.78, 5) is 256. The second-order valence-electron chi connectivity index (χ2n) is 4.47. The first kappa shape index (κ1) is 109. The maximum absolute atomic E-state index is 8.55. The molecule has 56 heteroatoms. The molecule has 0 saturated heterocycles. The fourth-order valence-electron chi connectivity index (χ4n) is 0. The molecule has 0 aliphatic rings. The summed E-state index contributed by atoms with van der Waals surface area (Å²) in [6, 6.07) is 0. The molecule has 0 atom stereocenters. The molecular weight excluding hydrogens is 1770 g/mol. The third-order valence-electron chi connectivity index (χ3n) is 0. The van der Waals surface area contributed by atoms with Crippen LogP contribution in [-0.4, -0.2) is 0 Å². The quantitative estimate of drug-likeness (QED) is 0.203. The third kappa shape index (κ3) is 6120. The van der Waals surface area contributed by atoms with Crippen molar-refractivity contribution in [2.45, 2.75) is 0 Å². The number of hydrogen-bond donors (Lipinski definition) is 0. The maximum Gasteiger partial charge on any atom is 4.00 e. The first-order valence-electron chi connectivity index (χ1n) is 7.30. The molecule has 0 aliphatic heterocycles. The molecule has 40 nitrogen and oxygen atoms in total. The number of hydrogen-bond acceptors (Lipinski definition) is 40. The van der Waals surface area contributed by atoms with Gasteiger partial charge in [0.15, 0.2) is 0 Å². The maximum atomic E-state index is 8.55. The Balaban J connectivity index is -0.0000000224. The van der Waals surface area contributed by atoms with Gasteiger partial charge in [-0.2, -0.15) is 78.2 Å². The molecule has 0 rings (SSSR count). The Morgan fingerprint density at radius 2 is 0.143 bits per heavy atom. The summed E-state index contributed by atoms with van der Waals surface area (Å²) in [5.41, 5.74) is 0. The van der Waals surface area contributed by atoms with Gasteiger partial charge in [-0.25, -0.2) is 0 Å². The minimum absolute atomic E-state index is 0. The molecule has 338 valence electrons. The van der Waals surface area contributed by atoms with Crippen LogP contribution in [0.25, 0.3) is 0 Å². The van der Waals surface area contributed by atoms with Gasteiger partial charge in [0.25, 0.3) is 0 Å². The van der Waals surface area contributed by atoms with E-state index < -0.39 is 78.2 Å². The van der Waals surface area contributed by atoms with Gasteiger partial charge >= 0.3 is 78.6 Å². The van der Waals surface area contributed by atoms with Crippen LogP contribution in [0.4, 0.5) is 0 Å². The smallest absolute Gasteiger partial charge is 0.822 e. The van der Waals surface area contributed by atoms with Crippen LogP contribution >= 0.6 is 78.2 Å². The molecule has 0 bridgehead atoms. The zero-order valence-corrected chi connectivity index (χ0v) is 48.6. The van der Waals surface area contributed by atoms with Crippen molar-refractivity contribution >= 4 is 78.2 Å². The molecule has 0 aromatic carbocycles. The van der Waals surface area contributed by atoms with E-state index in [1.165, 1.54) is 0 Å². The van der Waals surface area contributed by atoms with Crippen LogP contribution in [-0.2, 0) is 187 Å². The Bertz CT molecular complexity index is 864. The molecular formula is O40P10W3Zr3-18. The molecule has 0 aromatic rings. The van der Waals surface area contributed by atoms with Crippen LogP contribution in [0.2, 0.25) is 0 Å². The summed E-state index contributed by atoms with van der Waals surface area (Å²) in [7, 11) is -53.9. The standard InChI is InChI=1S/10H3O4P.3W.3Zr/c10*1-5(2,3)4;;;;;;/h10*(H3,1,2,3,4);;;;;;/q;;;;;;;;;;;;;3*+4/p-30. The topological polar surface area (TPSA) is 862 Å². The second kappa shape index (κ2) is 50.2. The van der Waals surface area contributed by atoms with Gasteiger partial charge in [-0.1, -0.05) is 0 Å². The fraction of sp³-hybridized carbons (Fsp3) is 0. The predicted octanol–water partition coefficient (Wildman–Crippen LogP) is -28.3. The van der Waals surface area contributed by atoms with E-state index in [1.54, 1.807) is 0 Å². The summed E-state index contributed by atoms with van der Waals surface area (Å²) in [6.45, 7) is 0. The van der Waals surface area contributed by atoms with Gasteiger partial charge in [0, 0.05) is 63.2 Å². The average molecular weight is 1770 g/mol. The summed E-state index contributed by atoms with van der Waals surface area (Å²) in [5.74, 6) is 0. The van der Waals surface area contributed by atoms with E-state index in [4.69, 9.17) is 192 Å². The largest absolute Gasteiger partial charge is 4.00 e. The summed E-state index contributed by atoms with van der Waals surface area (Å²) in [6.07, 6.45) is 0. The van der Waals surface area contributed by atoms with Crippen molar-refractivity contribution in [2.75, 3.05) is 0 Å². The van der Waals surface area contributed by atoms with Crippen LogP contribution in [0.15, 0.2) is 0 Å². The Kier molecular flexibility index (Phi) is 97.7. The molecule has 0 heterocycles. The number of rotatable bonds is 0. The predicted molar refractivity (Wildman–Crippen MR) is 76.1 cm³/mol. The van der Waals surface area contributed by atoms with Gasteiger partial charge in [-0.05, 0) is 0 Å². The van der Waals surface area contributed by atoms with Crippen molar-refractivity contribution in [3.8, 4) is 0 Å². The monoisotopic (exact) mass is 1770 g/mol. The molecule has 56 heavy (non-hydrogen) atoms.